The summed E-state index contributed by atoms with van der Waals surface area (Å²) in [5.74, 6) is -6.31. The van der Waals surface area contributed by atoms with E-state index >= 15 is 0 Å². The van der Waals surface area contributed by atoms with E-state index in [1.54, 1.807) is 0 Å². The van der Waals surface area contributed by atoms with E-state index in [1.807, 2.05) is 0 Å². The number of methoxy groups -OCH3 is 1. The molecule has 0 saturated heterocycles. The number of ketones is 3. The van der Waals surface area contributed by atoms with Crippen molar-refractivity contribution in [3.8, 4) is 0 Å². The molecule has 3 atom stereocenters. The normalized spacial score (nSPS) is 30.6. The summed E-state index contributed by atoms with van der Waals surface area (Å²) < 4.78 is 4.60. The van der Waals surface area contributed by atoms with Gasteiger partial charge in [0.05, 0.1) is 13.2 Å². The summed E-state index contributed by atoms with van der Waals surface area (Å²) in [5, 5.41) is 9.25. The molecule has 1 aliphatic rings. The average molecular weight is 300 g/mol. The lowest BCUT2D eigenvalue weighted by atomic mass is 9.65. The van der Waals surface area contributed by atoms with E-state index in [-0.39, 0.29) is 0 Å². The molecule has 0 spiro atoms. The number of carboxylic acids is 1. The van der Waals surface area contributed by atoms with Gasteiger partial charge in [-0.05, 0) is 0 Å². The van der Waals surface area contributed by atoms with E-state index in [9.17, 15) is 24.3 Å². The van der Waals surface area contributed by atoms with Gasteiger partial charge in [0.15, 0.2) is 22.9 Å². The average Bonchev–Trinajstić information content (AvgIpc) is 2.46. The molecule has 0 aliphatic heterocycles. The largest absolute Gasteiger partial charge is 0.493 e. The van der Waals surface area contributed by atoms with Crippen molar-refractivity contribution in [3.63, 3.8) is 0 Å². The van der Waals surface area contributed by atoms with Crippen LogP contribution in [0.15, 0.2) is 11.8 Å². The Morgan fingerprint density at radius 3 is 2.24 bits per heavy atom. The lowest BCUT2D eigenvalue weighted by Crippen LogP contribution is -2.83. The number of carboxylic acid groups (broad SMARTS) is 1. The molecule has 10 nitrogen and oxygen atoms in total. The van der Waals surface area contributed by atoms with Crippen LogP contribution in [-0.2, 0) is 23.9 Å². The fourth-order valence-corrected chi connectivity index (χ4v) is 2.00. The molecule has 0 aromatic heterocycles. The van der Waals surface area contributed by atoms with Crippen LogP contribution in [-0.4, -0.2) is 59.2 Å². The Morgan fingerprint density at radius 2 is 1.86 bits per heavy atom. The van der Waals surface area contributed by atoms with Gasteiger partial charge < -0.3 is 32.8 Å². The second-order valence-electron chi connectivity index (χ2n) is 4.53. The molecule has 0 amide bonds. The van der Waals surface area contributed by atoms with E-state index in [2.05, 4.69) is 4.74 Å². The Bertz CT molecular complexity index is 559. The Morgan fingerprint density at radius 1 is 1.33 bits per heavy atom. The van der Waals surface area contributed by atoms with Crippen molar-refractivity contribution in [3.05, 3.63) is 11.8 Å². The summed E-state index contributed by atoms with van der Waals surface area (Å²) in [6.07, 6.45) is 0.623. The molecule has 1 rings (SSSR count). The number of hydrogen-bond donors (Lipinski definition) is 5. The molecule has 0 radical (unpaired) electrons. The van der Waals surface area contributed by atoms with Crippen molar-refractivity contribution >= 4 is 23.3 Å². The third kappa shape index (κ3) is 2.05. The first-order valence-electron chi connectivity index (χ1n) is 5.75. The topological polar surface area (TPSA) is 202 Å². The van der Waals surface area contributed by atoms with E-state index in [4.69, 9.17) is 22.9 Å². The zero-order valence-electron chi connectivity index (χ0n) is 11.2. The zero-order chi connectivity index (χ0) is 16.6. The quantitative estimate of drug-likeness (QED) is 0.311. The number of ether oxygens (including phenoxy) is 1. The highest BCUT2D eigenvalue weighted by molar-refractivity contribution is 6.34. The molecule has 116 valence electrons. The summed E-state index contributed by atoms with van der Waals surface area (Å²) in [5.41, 5.74) is 15.9. The molecule has 21 heavy (non-hydrogen) atoms. The number of carbonyl (C=O) groups is 4. The SMILES string of the molecule is COC1=CC(=O)C(N)(C(=O)C(N)CN)C(N)(C(=O)O)C1=O. The molecule has 0 heterocycles. The van der Waals surface area contributed by atoms with Gasteiger partial charge in [0, 0.05) is 12.6 Å². The van der Waals surface area contributed by atoms with Crippen LogP contribution in [0.25, 0.3) is 0 Å². The highest BCUT2D eigenvalue weighted by atomic mass is 16.5. The minimum absolute atomic E-state index is 0.407. The fourth-order valence-electron chi connectivity index (χ4n) is 2.00. The third-order valence-electron chi connectivity index (χ3n) is 3.39. The van der Waals surface area contributed by atoms with Crippen LogP contribution in [0.2, 0.25) is 0 Å². The minimum atomic E-state index is -3.03. The Hall–Kier alpha value is -2.14. The maximum Gasteiger partial charge on any atom is 0.334 e. The highest BCUT2D eigenvalue weighted by Gasteiger charge is 2.68. The Kier molecular flexibility index (Phi) is 4.29. The molecule has 1 aliphatic carbocycles. The monoisotopic (exact) mass is 300 g/mol. The van der Waals surface area contributed by atoms with Gasteiger partial charge in [0.25, 0.3) is 0 Å². The molecular weight excluding hydrogens is 284 g/mol. The first-order valence-corrected chi connectivity index (χ1v) is 5.75. The maximum atomic E-state index is 12.2. The van der Waals surface area contributed by atoms with Crippen LogP contribution in [0.5, 0.6) is 0 Å². The number of carbonyl (C=O) groups excluding carboxylic acids is 3. The predicted molar refractivity (Wildman–Crippen MR) is 68.6 cm³/mol. The van der Waals surface area contributed by atoms with Gasteiger partial charge in [-0.2, -0.15) is 0 Å². The molecule has 10 heteroatoms. The van der Waals surface area contributed by atoms with E-state index < -0.39 is 52.7 Å². The standard InChI is InChI=1S/C11H16N4O6/c1-21-5-2-6(16)10(14,7(17)4(13)3-12)11(15,8(5)18)9(19)20/h2,4H,3,12-15H2,1H3,(H,19,20). The molecule has 9 N–H and O–H groups in total. The smallest absolute Gasteiger partial charge is 0.334 e. The van der Waals surface area contributed by atoms with Crippen molar-refractivity contribution in [2.75, 3.05) is 13.7 Å². The minimum Gasteiger partial charge on any atom is -0.493 e. The van der Waals surface area contributed by atoms with Crippen molar-refractivity contribution in [1.29, 1.82) is 0 Å². The Balaban J connectivity index is 3.64. The maximum absolute atomic E-state index is 12.2. The van der Waals surface area contributed by atoms with Crippen molar-refractivity contribution in [2.45, 2.75) is 17.1 Å². The second kappa shape index (κ2) is 5.33. The fraction of sp³-hybridized carbons (Fsp3) is 0.455. The molecule has 0 saturated carbocycles. The van der Waals surface area contributed by atoms with Crippen molar-refractivity contribution in [2.24, 2.45) is 22.9 Å². The zero-order valence-corrected chi connectivity index (χ0v) is 11.2. The van der Waals surface area contributed by atoms with Crippen LogP contribution < -0.4 is 22.9 Å². The first-order chi connectivity index (χ1) is 9.58. The van der Waals surface area contributed by atoms with Gasteiger partial charge in [-0.25, -0.2) is 4.79 Å². The summed E-state index contributed by atoms with van der Waals surface area (Å²) in [4.78, 5) is 47.9. The summed E-state index contributed by atoms with van der Waals surface area (Å²) in [6.45, 7) is -0.407. The van der Waals surface area contributed by atoms with Crippen LogP contribution in [0.1, 0.15) is 0 Å². The number of rotatable bonds is 5. The van der Waals surface area contributed by atoms with Crippen LogP contribution in [0, 0.1) is 0 Å². The van der Waals surface area contributed by atoms with E-state index in [1.165, 1.54) is 0 Å². The van der Waals surface area contributed by atoms with Gasteiger partial charge in [-0.15, -0.1) is 0 Å². The summed E-state index contributed by atoms with van der Waals surface area (Å²) >= 11 is 0. The first kappa shape index (κ1) is 16.9. The number of aliphatic carboxylic acids is 1. The molecule has 0 bridgehead atoms. The van der Waals surface area contributed by atoms with Gasteiger partial charge in [-0.3, -0.25) is 14.4 Å². The van der Waals surface area contributed by atoms with Crippen molar-refractivity contribution < 1.29 is 29.0 Å². The lowest BCUT2D eigenvalue weighted by molar-refractivity contribution is -0.159. The summed E-state index contributed by atoms with van der Waals surface area (Å²) in [6, 6.07) is -1.45. The van der Waals surface area contributed by atoms with Gasteiger partial charge in [0.2, 0.25) is 11.3 Å². The van der Waals surface area contributed by atoms with Crippen molar-refractivity contribution in [1.82, 2.24) is 0 Å². The third-order valence-corrected chi connectivity index (χ3v) is 3.39. The predicted octanol–water partition coefficient (Wildman–Crippen LogP) is -4.00. The number of hydrogen-bond acceptors (Lipinski definition) is 9. The lowest BCUT2D eigenvalue weighted by Gasteiger charge is -2.41. The summed E-state index contributed by atoms with van der Waals surface area (Å²) in [7, 11) is 1.04. The molecule has 3 unspecified atom stereocenters. The molecular formula is C11H16N4O6. The van der Waals surface area contributed by atoms with E-state index in [0.717, 1.165) is 7.11 Å². The number of Topliss-reactive ketones (excluding diaryl/α,β-unsaturated/α-hetero) is 2. The number of nitrogens with two attached hydrogens (primary N) is 4. The van der Waals surface area contributed by atoms with Crippen LogP contribution in [0.3, 0.4) is 0 Å². The highest BCUT2D eigenvalue weighted by Crippen LogP contribution is 2.31. The molecule has 0 aromatic carbocycles. The van der Waals surface area contributed by atoms with Crippen LogP contribution in [0.4, 0.5) is 0 Å². The molecule has 0 aromatic rings. The molecule has 0 fully saturated rings. The van der Waals surface area contributed by atoms with Gasteiger partial charge in [0.1, 0.15) is 0 Å². The van der Waals surface area contributed by atoms with Gasteiger partial charge >= 0.3 is 5.97 Å². The van der Waals surface area contributed by atoms with E-state index in [0.29, 0.717) is 6.08 Å². The second-order valence-corrected chi connectivity index (χ2v) is 4.53. The van der Waals surface area contributed by atoms with Crippen LogP contribution >= 0.6 is 0 Å². The Labute approximate surface area is 119 Å². The van der Waals surface area contributed by atoms with Gasteiger partial charge in [-0.1, -0.05) is 0 Å².